The Morgan fingerprint density at radius 3 is 2.35 bits per heavy atom. The third kappa shape index (κ3) is 6.79. The fourth-order valence-electron chi connectivity index (χ4n) is 1.40. The van der Waals surface area contributed by atoms with Crippen LogP contribution in [0.5, 0.6) is 0 Å². The Labute approximate surface area is 123 Å². The summed E-state index contributed by atoms with van der Waals surface area (Å²) in [5.41, 5.74) is 3.82. The molecule has 1 nitrogen and oxygen atoms in total. The quantitative estimate of drug-likeness (QED) is 0.446. The van der Waals surface area contributed by atoms with Gasteiger partial charge in [-0.25, -0.2) is 0 Å². The van der Waals surface area contributed by atoms with Crippen LogP contribution in [0.25, 0.3) is 0 Å². The van der Waals surface area contributed by atoms with E-state index < -0.39 is 0 Å². The molecule has 0 fully saturated rings. The standard InChI is InChI=1S/C19H26O/c1-7-11-18(9-3)19(20)14-17(6)16(5)13-10-12-15(4)8-2/h7,9-14,20H,3,5,8H2,1-2,4,6H3/b11-7?,13-10-,15-12+,17-14+,19-18-. The van der Waals surface area contributed by atoms with Crippen LogP contribution in [0.2, 0.25) is 0 Å². The minimum atomic E-state index is 0.199. The molecule has 0 saturated heterocycles. The van der Waals surface area contributed by atoms with Gasteiger partial charge in [-0.15, -0.1) is 0 Å². The van der Waals surface area contributed by atoms with Crippen LogP contribution >= 0.6 is 0 Å². The van der Waals surface area contributed by atoms with E-state index in [0.29, 0.717) is 5.57 Å². The zero-order chi connectivity index (χ0) is 15.5. The smallest absolute Gasteiger partial charge is 0.123 e. The van der Waals surface area contributed by atoms with E-state index >= 15 is 0 Å². The largest absolute Gasteiger partial charge is 0.507 e. The van der Waals surface area contributed by atoms with Gasteiger partial charge in [-0.05, 0) is 44.4 Å². The van der Waals surface area contributed by atoms with E-state index in [9.17, 15) is 5.11 Å². The first-order valence-electron chi connectivity index (χ1n) is 6.86. The molecule has 0 amide bonds. The second-order valence-corrected chi connectivity index (χ2v) is 4.62. The highest BCUT2D eigenvalue weighted by Gasteiger charge is 1.98. The SMILES string of the molecule is C=C/C(C=CC)=C(O)\C=C(/C)C(=C)/C=C\C=C(/C)CC. The normalized spacial score (nSPS) is 14.8. The van der Waals surface area contributed by atoms with Crippen LogP contribution in [0.15, 0.2) is 83.7 Å². The van der Waals surface area contributed by atoms with Gasteiger partial charge in [0.05, 0.1) is 0 Å². The van der Waals surface area contributed by atoms with E-state index in [0.717, 1.165) is 17.6 Å². The average Bonchev–Trinajstić information content (AvgIpc) is 2.43. The maximum absolute atomic E-state index is 10.0. The summed E-state index contributed by atoms with van der Waals surface area (Å²) >= 11 is 0. The molecule has 0 saturated carbocycles. The molecule has 1 N–H and O–H groups in total. The van der Waals surface area contributed by atoms with E-state index in [1.807, 2.05) is 38.2 Å². The molecule has 0 rings (SSSR count). The molecule has 0 aromatic heterocycles. The van der Waals surface area contributed by atoms with Gasteiger partial charge >= 0.3 is 0 Å². The zero-order valence-electron chi connectivity index (χ0n) is 13.1. The lowest BCUT2D eigenvalue weighted by molar-refractivity contribution is 0.428. The summed E-state index contributed by atoms with van der Waals surface area (Å²) in [6.45, 7) is 15.7. The molecule has 0 aromatic rings. The molecule has 0 unspecified atom stereocenters. The predicted molar refractivity (Wildman–Crippen MR) is 90.8 cm³/mol. The van der Waals surface area contributed by atoms with Crippen LogP contribution in [-0.2, 0) is 0 Å². The van der Waals surface area contributed by atoms with Gasteiger partial charge < -0.3 is 5.11 Å². The Balaban J connectivity index is 5.06. The lowest BCUT2D eigenvalue weighted by atomic mass is 10.1. The molecule has 108 valence electrons. The topological polar surface area (TPSA) is 20.2 Å². The monoisotopic (exact) mass is 270 g/mol. The summed E-state index contributed by atoms with van der Waals surface area (Å²) in [6, 6.07) is 0. The molecule has 0 aliphatic carbocycles. The Hall–Kier alpha value is -2.02. The van der Waals surface area contributed by atoms with Crippen molar-refractivity contribution in [1.29, 1.82) is 0 Å². The number of aliphatic hydroxyl groups excluding tert-OH is 1. The van der Waals surface area contributed by atoms with Gasteiger partial charge in [-0.3, -0.25) is 0 Å². The number of aliphatic hydroxyl groups is 1. The van der Waals surface area contributed by atoms with E-state index in [2.05, 4.69) is 33.1 Å². The van der Waals surface area contributed by atoms with E-state index in [4.69, 9.17) is 0 Å². The van der Waals surface area contributed by atoms with Crippen LogP contribution < -0.4 is 0 Å². The molecule has 0 spiro atoms. The summed E-state index contributed by atoms with van der Waals surface area (Å²) in [6.07, 6.45) is 14.1. The number of allylic oxidation sites excluding steroid dienone is 11. The van der Waals surface area contributed by atoms with Gasteiger partial charge in [0.2, 0.25) is 0 Å². The summed E-state index contributed by atoms with van der Waals surface area (Å²) in [5.74, 6) is 0.199. The zero-order valence-corrected chi connectivity index (χ0v) is 13.1. The van der Waals surface area contributed by atoms with Gasteiger partial charge in [0, 0.05) is 5.57 Å². The number of rotatable bonds is 7. The highest BCUT2D eigenvalue weighted by Crippen LogP contribution is 2.14. The van der Waals surface area contributed by atoms with E-state index in [1.54, 1.807) is 12.2 Å². The summed E-state index contributed by atoms with van der Waals surface area (Å²) in [5, 5.41) is 10.0. The van der Waals surface area contributed by atoms with Crippen molar-refractivity contribution in [2.75, 3.05) is 0 Å². The van der Waals surface area contributed by atoms with Crippen molar-refractivity contribution < 1.29 is 5.11 Å². The molecule has 0 atom stereocenters. The molecule has 20 heavy (non-hydrogen) atoms. The van der Waals surface area contributed by atoms with Crippen molar-refractivity contribution in [2.24, 2.45) is 0 Å². The maximum atomic E-state index is 10.0. The minimum absolute atomic E-state index is 0.199. The first kappa shape index (κ1) is 18.0. The fraction of sp³-hybridized carbons (Fsp3) is 0.263. The van der Waals surface area contributed by atoms with Crippen LogP contribution in [0.1, 0.15) is 34.1 Å². The van der Waals surface area contributed by atoms with Crippen LogP contribution in [0, 0.1) is 0 Å². The molecule has 1 heteroatoms. The first-order valence-corrected chi connectivity index (χ1v) is 6.86. The molecule has 0 heterocycles. The van der Waals surface area contributed by atoms with Gasteiger partial charge in [0.25, 0.3) is 0 Å². The third-order valence-corrected chi connectivity index (χ3v) is 2.96. The minimum Gasteiger partial charge on any atom is -0.507 e. The Bertz CT molecular complexity index is 494. The molecular formula is C19H26O. The second kappa shape index (κ2) is 9.85. The number of hydrogen-bond acceptors (Lipinski definition) is 1. The highest BCUT2D eigenvalue weighted by molar-refractivity contribution is 5.44. The van der Waals surface area contributed by atoms with Crippen molar-refractivity contribution in [3.8, 4) is 0 Å². The lowest BCUT2D eigenvalue weighted by Crippen LogP contribution is -1.86. The van der Waals surface area contributed by atoms with E-state index in [-0.39, 0.29) is 5.76 Å². The number of hydrogen-bond donors (Lipinski definition) is 1. The van der Waals surface area contributed by atoms with Crippen LogP contribution in [-0.4, -0.2) is 5.11 Å². The van der Waals surface area contributed by atoms with E-state index in [1.165, 1.54) is 5.57 Å². The Morgan fingerprint density at radius 2 is 1.85 bits per heavy atom. The van der Waals surface area contributed by atoms with Gasteiger partial charge in [0.15, 0.2) is 0 Å². The van der Waals surface area contributed by atoms with Crippen molar-refractivity contribution >= 4 is 0 Å². The van der Waals surface area contributed by atoms with Crippen molar-refractivity contribution in [2.45, 2.75) is 34.1 Å². The molecule has 0 bridgehead atoms. The molecular weight excluding hydrogens is 244 g/mol. The van der Waals surface area contributed by atoms with Gasteiger partial charge in [-0.2, -0.15) is 0 Å². The van der Waals surface area contributed by atoms with Crippen molar-refractivity contribution in [3.63, 3.8) is 0 Å². The van der Waals surface area contributed by atoms with Crippen molar-refractivity contribution in [1.82, 2.24) is 0 Å². The Kier molecular flexibility index (Phi) is 8.86. The third-order valence-electron chi connectivity index (χ3n) is 2.96. The summed E-state index contributed by atoms with van der Waals surface area (Å²) in [4.78, 5) is 0. The molecule has 0 radical (unpaired) electrons. The molecule has 0 aromatic carbocycles. The van der Waals surface area contributed by atoms with Gasteiger partial charge in [0.1, 0.15) is 5.76 Å². The maximum Gasteiger partial charge on any atom is 0.123 e. The lowest BCUT2D eigenvalue weighted by Gasteiger charge is -2.02. The second-order valence-electron chi connectivity index (χ2n) is 4.62. The predicted octanol–water partition coefficient (Wildman–Crippen LogP) is 5.98. The van der Waals surface area contributed by atoms with Crippen LogP contribution in [0.3, 0.4) is 0 Å². The summed E-state index contributed by atoms with van der Waals surface area (Å²) in [7, 11) is 0. The first-order chi connectivity index (χ1) is 9.46. The average molecular weight is 270 g/mol. The Morgan fingerprint density at radius 1 is 1.20 bits per heavy atom. The summed E-state index contributed by atoms with van der Waals surface area (Å²) < 4.78 is 0. The molecule has 0 aliphatic rings. The van der Waals surface area contributed by atoms with Gasteiger partial charge in [-0.1, -0.05) is 62.1 Å². The molecule has 0 aliphatic heterocycles. The van der Waals surface area contributed by atoms with Crippen molar-refractivity contribution in [3.05, 3.63) is 83.7 Å². The fourth-order valence-corrected chi connectivity index (χ4v) is 1.40. The van der Waals surface area contributed by atoms with Crippen LogP contribution in [0.4, 0.5) is 0 Å². The highest BCUT2D eigenvalue weighted by atomic mass is 16.3.